The lowest BCUT2D eigenvalue weighted by atomic mass is 9.66. The van der Waals surface area contributed by atoms with Gasteiger partial charge in [0.1, 0.15) is 0 Å². The highest BCUT2D eigenvalue weighted by molar-refractivity contribution is 4.97. The van der Waals surface area contributed by atoms with E-state index in [4.69, 9.17) is 5.26 Å². The third-order valence-corrected chi connectivity index (χ3v) is 2.94. The predicted octanol–water partition coefficient (Wildman–Crippen LogP) is 3.85. The lowest BCUT2D eigenvalue weighted by Crippen LogP contribution is -2.33. The molecule has 0 N–H and O–H groups in total. The molecule has 0 saturated carbocycles. The average Bonchev–Trinajstić information content (AvgIpc) is 1.83. The van der Waals surface area contributed by atoms with Crippen molar-refractivity contribution < 1.29 is 0 Å². The SMILES string of the molecule is CC(C(C#N)C(C)(C)C)C(C)(C)C. The number of nitrogens with zero attached hydrogens (tertiary/aromatic N) is 1. The third-order valence-electron chi connectivity index (χ3n) is 2.94. The molecule has 1 nitrogen and oxygen atoms in total. The minimum absolute atomic E-state index is 0.0848. The van der Waals surface area contributed by atoms with Gasteiger partial charge < -0.3 is 0 Å². The first-order valence-electron chi connectivity index (χ1n) is 5.00. The molecule has 76 valence electrons. The fourth-order valence-corrected chi connectivity index (χ4v) is 1.56. The van der Waals surface area contributed by atoms with Crippen LogP contribution in [0.2, 0.25) is 0 Å². The number of hydrogen-bond donors (Lipinski definition) is 0. The van der Waals surface area contributed by atoms with E-state index in [1.54, 1.807) is 0 Å². The summed E-state index contributed by atoms with van der Waals surface area (Å²) < 4.78 is 0. The van der Waals surface area contributed by atoms with Crippen LogP contribution in [0.1, 0.15) is 48.5 Å². The van der Waals surface area contributed by atoms with Gasteiger partial charge in [0.25, 0.3) is 0 Å². The van der Waals surface area contributed by atoms with E-state index in [0.717, 1.165) is 0 Å². The van der Waals surface area contributed by atoms with E-state index in [1.165, 1.54) is 0 Å². The maximum Gasteiger partial charge on any atom is 0.0664 e. The summed E-state index contributed by atoms with van der Waals surface area (Å²) in [7, 11) is 0. The molecule has 0 aliphatic heterocycles. The van der Waals surface area contributed by atoms with Crippen molar-refractivity contribution in [1.29, 1.82) is 5.26 Å². The van der Waals surface area contributed by atoms with Crippen molar-refractivity contribution in [2.75, 3.05) is 0 Å². The van der Waals surface area contributed by atoms with Crippen molar-refractivity contribution in [2.24, 2.45) is 22.7 Å². The Hall–Kier alpha value is -0.510. The molecule has 0 spiro atoms. The summed E-state index contributed by atoms with van der Waals surface area (Å²) >= 11 is 0. The van der Waals surface area contributed by atoms with Crippen molar-refractivity contribution in [3.8, 4) is 6.07 Å². The maximum atomic E-state index is 9.15. The minimum atomic E-state index is 0.0848. The molecule has 0 aromatic heterocycles. The lowest BCUT2D eigenvalue weighted by molar-refractivity contribution is 0.126. The van der Waals surface area contributed by atoms with Crippen molar-refractivity contribution in [1.82, 2.24) is 0 Å². The molecular weight excluding hydrogens is 158 g/mol. The first-order valence-corrected chi connectivity index (χ1v) is 5.00. The summed E-state index contributed by atoms with van der Waals surface area (Å²) in [6.45, 7) is 15.2. The Labute approximate surface area is 83.1 Å². The van der Waals surface area contributed by atoms with Crippen LogP contribution in [0.4, 0.5) is 0 Å². The monoisotopic (exact) mass is 181 g/mol. The van der Waals surface area contributed by atoms with E-state index < -0.39 is 0 Å². The second kappa shape index (κ2) is 3.70. The summed E-state index contributed by atoms with van der Waals surface area (Å²) in [6, 6.07) is 2.45. The van der Waals surface area contributed by atoms with Gasteiger partial charge in [0, 0.05) is 0 Å². The van der Waals surface area contributed by atoms with Gasteiger partial charge >= 0.3 is 0 Å². The molecule has 0 radical (unpaired) electrons. The van der Waals surface area contributed by atoms with Crippen molar-refractivity contribution >= 4 is 0 Å². The fourth-order valence-electron chi connectivity index (χ4n) is 1.56. The molecular formula is C12H23N. The first kappa shape index (κ1) is 12.5. The van der Waals surface area contributed by atoms with Gasteiger partial charge in [0.15, 0.2) is 0 Å². The maximum absolute atomic E-state index is 9.15. The first-order chi connectivity index (χ1) is 5.60. The van der Waals surface area contributed by atoms with E-state index in [0.29, 0.717) is 5.92 Å². The Morgan fingerprint density at radius 3 is 1.38 bits per heavy atom. The van der Waals surface area contributed by atoms with Crippen molar-refractivity contribution in [3.63, 3.8) is 0 Å². The van der Waals surface area contributed by atoms with Crippen molar-refractivity contribution in [2.45, 2.75) is 48.5 Å². The van der Waals surface area contributed by atoms with Gasteiger partial charge in [-0.15, -0.1) is 0 Å². The van der Waals surface area contributed by atoms with E-state index in [2.05, 4.69) is 54.5 Å². The normalized spacial score (nSPS) is 17.7. The highest BCUT2D eigenvalue weighted by Crippen LogP contribution is 2.40. The Morgan fingerprint density at radius 1 is 0.923 bits per heavy atom. The molecule has 0 saturated heterocycles. The number of hydrogen-bond acceptors (Lipinski definition) is 1. The van der Waals surface area contributed by atoms with Crippen LogP contribution < -0.4 is 0 Å². The molecule has 0 aromatic carbocycles. The largest absolute Gasteiger partial charge is 0.198 e. The van der Waals surface area contributed by atoms with Gasteiger partial charge in [0.2, 0.25) is 0 Å². The molecule has 0 aromatic rings. The van der Waals surface area contributed by atoms with E-state index in [9.17, 15) is 0 Å². The Bertz CT molecular complexity index is 197. The van der Waals surface area contributed by atoms with E-state index in [-0.39, 0.29) is 16.7 Å². The molecule has 0 rings (SSSR count). The standard InChI is InChI=1S/C12H23N/c1-9(11(2,3)4)10(8-13)12(5,6)7/h9-10H,1-7H3. The van der Waals surface area contributed by atoms with Crippen LogP contribution in [-0.2, 0) is 0 Å². The molecule has 0 aliphatic rings. The van der Waals surface area contributed by atoms with Gasteiger partial charge in [-0.2, -0.15) is 5.26 Å². The molecule has 0 fully saturated rings. The van der Waals surface area contributed by atoms with Crippen LogP contribution in [0.5, 0.6) is 0 Å². The molecule has 1 heteroatoms. The molecule has 13 heavy (non-hydrogen) atoms. The van der Waals surface area contributed by atoms with Crippen LogP contribution >= 0.6 is 0 Å². The zero-order chi connectivity index (χ0) is 10.9. The zero-order valence-electron chi connectivity index (χ0n) is 10.1. The molecule has 0 aliphatic carbocycles. The molecule has 2 atom stereocenters. The van der Waals surface area contributed by atoms with Crippen LogP contribution in [-0.4, -0.2) is 0 Å². The van der Waals surface area contributed by atoms with E-state index >= 15 is 0 Å². The molecule has 2 unspecified atom stereocenters. The highest BCUT2D eigenvalue weighted by atomic mass is 14.4. The van der Waals surface area contributed by atoms with Crippen molar-refractivity contribution in [3.05, 3.63) is 0 Å². The molecule has 0 heterocycles. The van der Waals surface area contributed by atoms with Gasteiger partial charge in [-0.05, 0) is 16.7 Å². The van der Waals surface area contributed by atoms with Crippen LogP contribution in [0, 0.1) is 34.0 Å². The smallest absolute Gasteiger partial charge is 0.0664 e. The summed E-state index contributed by atoms with van der Waals surface area (Å²) in [6.07, 6.45) is 0. The predicted molar refractivity (Wildman–Crippen MR) is 57.2 cm³/mol. The second-order valence-corrected chi connectivity index (χ2v) is 6.13. The van der Waals surface area contributed by atoms with Gasteiger partial charge in [-0.25, -0.2) is 0 Å². The van der Waals surface area contributed by atoms with Gasteiger partial charge in [-0.3, -0.25) is 0 Å². The quantitative estimate of drug-likeness (QED) is 0.602. The third kappa shape index (κ3) is 3.38. The summed E-state index contributed by atoms with van der Waals surface area (Å²) in [4.78, 5) is 0. The summed E-state index contributed by atoms with van der Waals surface area (Å²) in [5, 5.41) is 9.15. The lowest BCUT2D eigenvalue weighted by Gasteiger charge is -2.37. The Morgan fingerprint density at radius 2 is 1.31 bits per heavy atom. The Balaban J connectivity index is 4.74. The number of nitriles is 1. The molecule has 0 bridgehead atoms. The van der Waals surface area contributed by atoms with Crippen LogP contribution in [0.25, 0.3) is 0 Å². The topological polar surface area (TPSA) is 23.8 Å². The number of rotatable bonds is 1. The van der Waals surface area contributed by atoms with Gasteiger partial charge in [-0.1, -0.05) is 48.5 Å². The Kier molecular flexibility index (Phi) is 3.55. The zero-order valence-corrected chi connectivity index (χ0v) is 10.1. The van der Waals surface area contributed by atoms with Gasteiger partial charge in [0.05, 0.1) is 12.0 Å². The van der Waals surface area contributed by atoms with Crippen LogP contribution in [0.3, 0.4) is 0 Å². The summed E-state index contributed by atoms with van der Waals surface area (Å²) in [5.41, 5.74) is 0.301. The average molecular weight is 181 g/mol. The second-order valence-electron chi connectivity index (χ2n) is 6.13. The molecule has 0 amide bonds. The highest BCUT2D eigenvalue weighted by Gasteiger charge is 2.35. The fraction of sp³-hybridized carbons (Fsp3) is 0.917. The summed E-state index contributed by atoms with van der Waals surface area (Å²) in [5.74, 6) is 0.560. The minimum Gasteiger partial charge on any atom is -0.198 e. The van der Waals surface area contributed by atoms with E-state index in [1.807, 2.05) is 0 Å². The van der Waals surface area contributed by atoms with Crippen LogP contribution in [0.15, 0.2) is 0 Å².